The summed E-state index contributed by atoms with van der Waals surface area (Å²) in [5, 5.41) is 13.1. The lowest BCUT2D eigenvalue weighted by molar-refractivity contribution is 0.236. The van der Waals surface area contributed by atoms with Crippen LogP contribution >= 0.6 is 0 Å². The van der Waals surface area contributed by atoms with Gasteiger partial charge in [-0.2, -0.15) is 4.98 Å². The van der Waals surface area contributed by atoms with Crippen LogP contribution in [0.3, 0.4) is 0 Å². The van der Waals surface area contributed by atoms with Gasteiger partial charge in [0.15, 0.2) is 0 Å². The monoisotopic (exact) mass is 287 g/mol. The number of benzene rings is 1. The summed E-state index contributed by atoms with van der Waals surface area (Å²) in [6.07, 6.45) is 2.02. The maximum absolute atomic E-state index is 9.00. The fourth-order valence-corrected chi connectivity index (χ4v) is 2.92. The molecule has 1 unspecified atom stereocenters. The molecule has 1 aliphatic heterocycles. The lowest BCUT2D eigenvalue weighted by Gasteiger charge is -2.12. The van der Waals surface area contributed by atoms with Crippen molar-refractivity contribution in [2.45, 2.75) is 26.3 Å². The average molecular weight is 287 g/mol. The van der Waals surface area contributed by atoms with Crippen molar-refractivity contribution in [3.63, 3.8) is 0 Å². The Bertz CT molecular complexity index is 597. The van der Waals surface area contributed by atoms with Crippen molar-refractivity contribution in [2.24, 2.45) is 5.92 Å². The second-order valence-electron chi connectivity index (χ2n) is 5.73. The van der Waals surface area contributed by atoms with Gasteiger partial charge in [-0.3, -0.25) is 4.90 Å². The van der Waals surface area contributed by atoms with Gasteiger partial charge in [0.2, 0.25) is 11.7 Å². The zero-order valence-corrected chi connectivity index (χ0v) is 12.3. The second-order valence-corrected chi connectivity index (χ2v) is 5.73. The van der Waals surface area contributed by atoms with Crippen LogP contribution in [-0.2, 0) is 6.54 Å². The lowest BCUT2D eigenvalue weighted by Crippen LogP contribution is -2.20. The number of nitrogens with zero attached hydrogens (tertiary/aromatic N) is 3. The summed E-state index contributed by atoms with van der Waals surface area (Å²) < 4.78 is 5.38. The first-order valence-corrected chi connectivity index (χ1v) is 7.48. The molecular weight excluding hydrogens is 266 g/mol. The Labute approximate surface area is 124 Å². The summed E-state index contributed by atoms with van der Waals surface area (Å²) in [6.45, 7) is 5.05. The van der Waals surface area contributed by atoms with E-state index < -0.39 is 0 Å². The van der Waals surface area contributed by atoms with Crippen molar-refractivity contribution in [1.29, 1.82) is 0 Å². The van der Waals surface area contributed by atoms with Crippen molar-refractivity contribution in [2.75, 3.05) is 19.7 Å². The first kappa shape index (κ1) is 14.2. The summed E-state index contributed by atoms with van der Waals surface area (Å²) in [6, 6.07) is 8.05. The van der Waals surface area contributed by atoms with Crippen molar-refractivity contribution >= 4 is 0 Å². The Morgan fingerprint density at radius 1 is 1.38 bits per heavy atom. The zero-order chi connectivity index (χ0) is 14.7. The Kier molecular flexibility index (Phi) is 4.31. The third-order valence-corrected chi connectivity index (χ3v) is 4.12. The minimum Gasteiger partial charge on any atom is -0.396 e. The van der Waals surface area contributed by atoms with Gasteiger partial charge in [-0.25, -0.2) is 0 Å². The summed E-state index contributed by atoms with van der Waals surface area (Å²) >= 11 is 0. The molecule has 1 aliphatic rings. The molecule has 1 N–H and O–H groups in total. The Morgan fingerprint density at radius 2 is 2.24 bits per heavy atom. The predicted molar refractivity (Wildman–Crippen MR) is 79.6 cm³/mol. The highest BCUT2D eigenvalue weighted by molar-refractivity contribution is 5.58. The summed E-state index contributed by atoms with van der Waals surface area (Å²) in [4.78, 5) is 6.82. The van der Waals surface area contributed by atoms with Gasteiger partial charge in [-0.1, -0.05) is 29.4 Å². The maximum atomic E-state index is 9.00. The van der Waals surface area contributed by atoms with Gasteiger partial charge in [-0.15, -0.1) is 0 Å². The van der Waals surface area contributed by atoms with Crippen LogP contribution in [0.25, 0.3) is 11.4 Å². The van der Waals surface area contributed by atoms with Gasteiger partial charge in [-0.05, 0) is 37.8 Å². The van der Waals surface area contributed by atoms with Crippen LogP contribution in [0.4, 0.5) is 0 Å². The highest BCUT2D eigenvalue weighted by Crippen LogP contribution is 2.23. The molecule has 0 radical (unpaired) electrons. The van der Waals surface area contributed by atoms with Crippen molar-refractivity contribution < 1.29 is 9.63 Å². The van der Waals surface area contributed by atoms with E-state index in [1.54, 1.807) is 0 Å². The van der Waals surface area contributed by atoms with E-state index in [9.17, 15) is 0 Å². The highest BCUT2D eigenvalue weighted by atomic mass is 16.5. The molecule has 112 valence electrons. The van der Waals surface area contributed by atoms with Crippen molar-refractivity contribution in [3.8, 4) is 11.4 Å². The smallest absolute Gasteiger partial charge is 0.241 e. The molecule has 2 aromatic rings. The van der Waals surface area contributed by atoms with E-state index in [1.165, 1.54) is 0 Å². The van der Waals surface area contributed by atoms with Gasteiger partial charge >= 0.3 is 0 Å². The van der Waals surface area contributed by atoms with E-state index in [4.69, 9.17) is 9.63 Å². The Morgan fingerprint density at radius 3 is 3.05 bits per heavy atom. The van der Waals surface area contributed by atoms with E-state index in [-0.39, 0.29) is 6.61 Å². The topological polar surface area (TPSA) is 62.4 Å². The lowest BCUT2D eigenvalue weighted by atomic mass is 10.1. The largest absolute Gasteiger partial charge is 0.396 e. The first-order chi connectivity index (χ1) is 10.3. The molecule has 21 heavy (non-hydrogen) atoms. The van der Waals surface area contributed by atoms with Crippen LogP contribution in [0, 0.1) is 12.8 Å². The quantitative estimate of drug-likeness (QED) is 0.914. The number of aliphatic hydroxyl groups is 1. The Hall–Kier alpha value is -1.72. The molecule has 2 heterocycles. The van der Waals surface area contributed by atoms with Crippen molar-refractivity contribution in [1.82, 2.24) is 15.0 Å². The molecule has 0 spiro atoms. The molecule has 5 heteroatoms. The normalized spacial score (nSPS) is 19.2. The van der Waals surface area contributed by atoms with Gasteiger partial charge < -0.3 is 9.63 Å². The minimum absolute atomic E-state index is 0.274. The number of aromatic nitrogens is 2. The predicted octanol–water partition coefficient (Wildman–Crippen LogP) is 2.25. The molecule has 0 bridgehead atoms. The second kappa shape index (κ2) is 6.37. The number of hydrogen-bond acceptors (Lipinski definition) is 5. The number of likely N-dealkylation sites (tertiary alicyclic amines) is 1. The first-order valence-electron chi connectivity index (χ1n) is 7.48. The summed E-state index contributed by atoms with van der Waals surface area (Å²) in [7, 11) is 0. The molecule has 1 atom stereocenters. The maximum Gasteiger partial charge on any atom is 0.241 e. The van der Waals surface area contributed by atoms with E-state index in [2.05, 4.69) is 15.0 Å². The molecule has 1 saturated heterocycles. The number of rotatable bonds is 5. The van der Waals surface area contributed by atoms with E-state index >= 15 is 0 Å². The summed E-state index contributed by atoms with van der Waals surface area (Å²) in [5.74, 6) is 1.92. The SMILES string of the molecule is Cc1ccccc1-c1noc(CN2CCC(CCO)C2)n1. The average Bonchev–Trinajstić information content (AvgIpc) is 3.10. The van der Waals surface area contributed by atoms with Crippen LogP contribution in [-0.4, -0.2) is 39.8 Å². The van der Waals surface area contributed by atoms with E-state index in [1.807, 2.05) is 31.2 Å². The standard InChI is InChI=1S/C16H21N3O2/c1-12-4-2-3-5-14(12)16-17-15(21-18-16)11-19-8-6-13(10-19)7-9-20/h2-5,13,20H,6-11H2,1H3. The minimum atomic E-state index is 0.274. The number of aryl methyl sites for hydroxylation is 1. The molecule has 1 fully saturated rings. The van der Waals surface area contributed by atoms with Crippen LogP contribution in [0.2, 0.25) is 0 Å². The molecule has 3 rings (SSSR count). The van der Waals surface area contributed by atoms with Crippen LogP contribution in [0.1, 0.15) is 24.3 Å². The van der Waals surface area contributed by atoms with Gasteiger partial charge in [0, 0.05) is 18.7 Å². The van der Waals surface area contributed by atoms with E-state index in [0.717, 1.165) is 37.1 Å². The number of aliphatic hydroxyl groups excluding tert-OH is 1. The molecule has 5 nitrogen and oxygen atoms in total. The van der Waals surface area contributed by atoms with E-state index in [0.29, 0.717) is 24.2 Å². The molecule has 0 amide bonds. The fourth-order valence-electron chi connectivity index (χ4n) is 2.92. The molecule has 0 aliphatic carbocycles. The molecular formula is C16H21N3O2. The highest BCUT2D eigenvalue weighted by Gasteiger charge is 2.23. The van der Waals surface area contributed by atoms with Gasteiger partial charge in [0.05, 0.1) is 6.54 Å². The fraction of sp³-hybridized carbons (Fsp3) is 0.500. The third-order valence-electron chi connectivity index (χ3n) is 4.12. The summed E-state index contributed by atoms with van der Waals surface area (Å²) in [5.41, 5.74) is 2.17. The Balaban J connectivity index is 1.65. The number of hydrogen-bond donors (Lipinski definition) is 1. The van der Waals surface area contributed by atoms with Crippen LogP contribution in [0.15, 0.2) is 28.8 Å². The van der Waals surface area contributed by atoms with Gasteiger partial charge in [0.1, 0.15) is 0 Å². The molecule has 1 aromatic heterocycles. The zero-order valence-electron chi connectivity index (χ0n) is 12.3. The third kappa shape index (κ3) is 3.31. The van der Waals surface area contributed by atoms with Crippen LogP contribution in [0.5, 0.6) is 0 Å². The molecule has 0 saturated carbocycles. The van der Waals surface area contributed by atoms with Gasteiger partial charge in [0.25, 0.3) is 0 Å². The molecule has 1 aromatic carbocycles. The van der Waals surface area contributed by atoms with Crippen molar-refractivity contribution in [3.05, 3.63) is 35.7 Å². The van der Waals surface area contributed by atoms with Crippen LogP contribution < -0.4 is 0 Å².